The molecule has 1 rings (SSSR count). The lowest BCUT2D eigenvalue weighted by Gasteiger charge is -2.10. The van der Waals surface area contributed by atoms with Crippen molar-refractivity contribution >= 4 is 27.7 Å². The Morgan fingerprint density at radius 2 is 2.13 bits per heavy atom. The molecular weight excluding hydrogens is 264 g/mol. The molecule has 0 atom stereocenters. The van der Waals surface area contributed by atoms with Crippen molar-refractivity contribution in [1.82, 2.24) is 4.98 Å². The van der Waals surface area contributed by atoms with Crippen LogP contribution in [-0.4, -0.2) is 25.1 Å². The molecule has 0 aliphatic heterocycles. The average molecular weight is 275 g/mol. The number of hydrogen-bond acceptors (Lipinski definition) is 4. The lowest BCUT2D eigenvalue weighted by molar-refractivity contribution is -0.114. The summed E-state index contributed by atoms with van der Waals surface area (Å²) in [5.41, 5.74) is 0. The molecule has 6 heteroatoms. The Labute approximate surface area is 95.9 Å². The predicted octanol–water partition coefficient (Wildman–Crippen LogP) is 1.82. The number of carbonyl (C=O) groups is 1. The van der Waals surface area contributed by atoms with E-state index in [1.54, 1.807) is 6.07 Å². The second-order valence-electron chi connectivity index (χ2n) is 2.71. The molecular formula is C9H11BrN2O3. The van der Waals surface area contributed by atoms with Gasteiger partial charge in [-0.15, -0.1) is 0 Å². The quantitative estimate of drug-likeness (QED) is 0.914. The highest BCUT2D eigenvalue weighted by molar-refractivity contribution is 9.10. The number of amides is 1. The van der Waals surface area contributed by atoms with Gasteiger partial charge in [-0.25, -0.2) is 0 Å². The third-order valence-corrected chi connectivity index (χ3v) is 2.22. The van der Waals surface area contributed by atoms with Gasteiger partial charge in [-0.3, -0.25) is 4.79 Å². The summed E-state index contributed by atoms with van der Waals surface area (Å²) in [5.74, 6) is 1.03. The highest BCUT2D eigenvalue weighted by Crippen LogP contribution is 2.32. The predicted molar refractivity (Wildman–Crippen MR) is 59.3 cm³/mol. The first-order chi connectivity index (χ1) is 7.08. The fourth-order valence-electron chi connectivity index (χ4n) is 1.00. The monoisotopic (exact) mass is 274 g/mol. The molecule has 1 amide bonds. The van der Waals surface area contributed by atoms with E-state index in [4.69, 9.17) is 9.47 Å². The van der Waals surface area contributed by atoms with Crippen LogP contribution in [-0.2, 0) is 4.79 Å². The lowest BCUT2D eigenvalue weighted by atomic mass is 10.4. The van der Waals surface area contributed by atoms with Crippen LogP contribution in [0.25, 0.3) is 0 Å². The number of aromatic nitrogens is 1. The molecule has 0 unspecified atom stereocenters. The van der Waals surface area contributed by atoms with E-state index in [9.17, 15) is 4.79 Å². The van der Waals surface area contributed by atoms with E-state index in [1.165, 1.54) is 21.1 Å². The number of pyridine rings is 1. The van der Waals surface area contributed by atoms with Crippen molar-refractivity contribution < 1.29 is 14.3 Å². The minimum Gasteiger partial charge on any atom is -0.491 e. The van der Waals surface area contributed by atoms with Crippen molar-refractivity contribution in [2.45, 2.75) is 6.92 Å². The Morgan fingerprint density at radius 1 is 1.47 bits per heavy atom. The van der Waals surface area contributed by atoms with Crippen molar-refractivity contribution in [3.05, 3.63) is 10.5 Å². The number of ether oxygens (including phenoxy) is 2. The van der Waals surface area contributed by atoms with Gasteiger partial charge >= 0.3 is 0 Å². The highest BCUT2D eigenvalue weighted by atomic mass is 79.9. The van der Waals surface area contributed by atoms with E-state index in [0.29, 0.717) is 21.9 Å². The van der Waals surface area contributed by atoms with Crippen LogP contribution >= 0.6 is 15.9 Å². The first-order valence-electron chi connectivity index (χ1n) is 4.14. The number of nitrogens with zero attached hydrogens (tertiary/aromatic N) is 1. The molecule has 0 saturated carbocycles. The van der Waals surface area contributed by atoms with Gasteiger partial charge < -0.3 is 14.8 Å². The topological polar surface area (TPSA) is 60.5 Å². The SMILES string of the molecule is COc1cc(Br)c(NC(C)=O)nc1OC. The van der Waals surface area contributed by atoms with Crippen LogP contribution in [0.2, 0.25) is 0 Å². The normalized spacial score (nSPS) is 9.60. The van der Waals surface area contributed by atoms with E-state index in [1.807, 2.05) is 0 Å². The lowest BCUT2D eigenvalue weighted by Crippen LogP contribution is -2.09. The molecule has 1 heterocycles. The zero-order valence-corrected chi connectivity index (χ0v) is 10.2. The van der Waals surface area contributed by atoms with Crippen molar-refractivity contribution in [1.29, 1.82) is 0 Å². The van der Waals surface area contributed by atoms with Crippen LogP contribution in [0.1, 0.15) is 6.92 Å². The Balaban J connectivity index is 3.13. The molecule has 82 valence electrons. The first-order valence-corrected chi connectivity index (χ1v) is 4.94. The van der Waals surface area contributed by atoms with Crippen molar-refractivity contribution in [3.63, 3.8) is 0 Å². The molecule has 0 aromatic carbocycles. The number of methoxy groups -OCH3 is 2. The molecule has 0 radical (unpaired) electrons. The van der Waals surface area contributed by atoms with Gasteiger partial charge in [0.05, 0.1) is 18.7 Å². The zero-order chi connectivity index (χ0) is 11.4. The summed E-state index contributed by atoms with van der Waals surface area (Å²) in [6.45, 7) is 1.41. The van der Waals surface area contributed by atoms with Crippen LogP contribution in [0.3, 0.4) is 0 Å². The second kappa shape index (κ2) is 4.97. The average Bonchev–Trinajstić information content (AvgIpc) is 2.19. The molecule has 0 fully saturated rings. The van der Waals surface area contributed by atoms with Crippen molar-refractivity contribution in [2.75, 3.05) is 19.5 Å². The summed E-state index contributed by atoms with van der Waals surface area (Å²) < 4.78 is 10.7. The van der Waals surface area contributed by atoms with Crippen LogP contribution < -0.4 is 14.8 Å². The Bertz CT molecular complexity index is 382. The number of anilines is 1. The zero-order valence-electron chi connectivity index (χ0n) is 8.63. The summed E-state index contributed by atoms with van der Waals surface area (Å²) in [6, 6.07) is 1.68. The van der Waals surface area contributed by atoms with Crippen molar-refractivity contribution in [3.8, 4) is 11.6 Å². The van der Waals surface area contributed by atoms with Gasteiger partial charge in [-0.05, 0) is 15.9 Å². The van der Waals surface area contributed by atoms with Gasteiger partial charge in [-0.1, -0.05) is 0 Å². The molecule has 5 nitrogen and oxygen atoms in total. The molecule has 1 N–H and O–H groups in total. The smallest absolute Gasteiger partial charge is 0.258 e. The van der Waals surface area contributed by atoms with E-state index >= 15 is 0 Å². The molecule has 1 aromatic rings. The third kappa shape index (κ3) is 2.82. The molecule has 0 saturated heterocycles. The van der Waals surface area contributed by atoms with Gasteiger partial charge in [0.1, 0.15) is 0 Å². The number of nitrogens with one attached hydrogen (secondary N) is 1. The van der Waals surface area contributed by atoms with Gasteiger partial charge in [0.15, 0.2) is 11.6 Å². The maximum absolute atomic E-state index is 10.9. The summed E-state index contributed by atoms with van der Waals surface area (Å²) in [7, 11) is 3.00. The van der Waals surface area contributed by atoms with Gasteiger partial charge in [-0.2, -0.15) is 4.98 Å². The van der Waals surface area contributed by atoms with Gasteiger partial charge in [0.2, 0.25) is 5.91 Å². The maximum Gasteiger partial charge on any atom is 0.258 e. The fourth-order valence-corrected chi connectivity index (χ4v) is 1.40. The molecule has 0 spiro atoms. The highest BCUT2D eigenvalue weighted by Gasteiger charge is 2.11. The summed E-state index contributed by atoms with van der Waals surface area (Å²) in [6.07, 6.45) is 0. The Kier molecular flexibility index (Phi) is 3.90. The maximum atomic E-state index is 10.9. The third-order valence-electron chi connectivity index (χ3n) is 1.62. The number of halogens is 1. The van der Waals surface area contributed by atoms with Gasteiger partial charge in [0.25, 0.3) is 5.88 Å². The minimum atomic E-state index is -0.199. The Morgan fingerprint density at radius 3 is 2.60 bits per heavy atom. The largest absolute Gasteiger partial charge is 0.491 e. The summed E-state index contributed by atoms with van der Waals surface area (Å²) in [4.78, 5) is 15.0. The second-order valence-corrected chi connectivity index (χ2v) is 3.57. The Hall–Kier alpha value is -1.30. The van der Waals surface area contributed by atoms with Gasteiger partial charge in [0, 0.05) is 13.0 Å². The van der Waals surface area contributed by atoms with E-state index < -0.39 is 0 Å². The molecule has 1 aromatic heterocycles. The molecule has 0 aliphatic carbocycles. The van der Waals surface area contributed by atoms with Crippen LogP contribution in [0, 0.1) is 0 Å². The van der Waals surface area contributed by atoms with Crippen LogP contribution in [0.15, 0.2) is 10.5 Å². The van der Waals surface area contributed by atoms with Crippen LogP contribution in [0.4, 0.5) is 5.82 Å². The number of hydrogen-bond donors (Lipinski definition) is 1. The minimum absolute atomic E-state index is 0.199. The summed E-state index contributed by atoms with van der Waals surface area (Å²) in [5, 5.41) is 2.57. The molecule has 0 bridgehead atoms. The summed E-state index contributed by atoms with van der Waals surface area (Å²) >= 11 is 3.27. The number of rotatable bonds is 3. The van der Waals surface area contributed by atoms with E-state index in [2.05, 4.69) is 26.2 Å². The van der Waals surface area contributed by atoms with Crippen molar-refractivity contribution in [2.24, 2.45) is 0 Å². The van der Waals surface area contributed by atoms with E-state index in [-0.39, 0.29) is 5.91 Å². The number of carbonyl (C=O) groups excluding carboxylic acids is 1. The van der Waals surface area contributed by atoms with Crippen LogP contribution in [0.5, 0.6) is 11.6 Å². The first kappa shape index (κ1) is 11.8. The standard InChI is InChI=1S/C9H11BrN2O3/c1-5(13)11-8-6(10)4-7(14-2)9(12-8)15-3/h4H,1-3H3,(H,11,12,13). The fraction of sp³-hybridized carbons (Fsp3) is 0.333. The molecule has 15 heavy (non-hydrogen) atoms. The molecule has 0 aliphatic rings. The van der Waals surface area contributed by atoms with E-state index in [0.717, 1.165) is 0 Å².